The van der Waals surface area contributed by atoms with Crippen LogP contribution in [0.5, 0.6) is 0 Å². The molecule has 0 spiro atoms. The Bertz CT molecular complexity index is 591. The van der Waals surface area contributed by atoms with Gasteiger partial charge in [0.15, 0.2) is 8.32 Å². The maximum absolute atomic E-state index is 13.8. The van der Waals surface area contributed by atoms with E-state index in [4.69, 9.17) is 16.0 Å². The van der Waals surface area contributed by atoms with Crippen LogP contribution in [0.1, 0.15) is 33.3 Å². The average molecular weight is 389 g/mol. The first-order valence-electron chi connectivity index (χ1n) is 8.51. The van der Waals surface area contributed by atoms with E-state index in [1.165, 1.54) is 6.07 Å². The number of amides is 1. The summed E-state index contributed by atoms with van der Waals surface area (Å²) in [5.41, 5.74) is 0.371. The molecule has 2 N–H and O–H groups in total. The second-order valence-corrected chi connectivity index (χ2v) is 13.1. The standard InChI is InChI=1S/C18H30ClFN2O2Si/c1-13(12-24-25(5,6)18(2,3)4)21-11-16(23)22-10-14-8-7-9-15(19)17(14)20/h7-9,13,21H,10-12H2,1-6H3,(H,22,23)/t13-/m1/s1. The largest absolute Gasteiger partial charge is 0.415 e. The fourth-order valence-electron chi connectivity index (χ4n) is 1.82. The third-order valence-corrected chi connectivity index (χ3v) is 9.41. The maximum atomic E-state index is 13.8. The van der Waals surface area contributed by atoms with Gasteiger partial charge in [-0.3, -0.25) is 4.79 Å². The SMILES string of the molecule is C[C@H](CO[Si](C)(C)C(C)(C)C)NCC(=O)NCc1cccc(Cl)c1F. The Hall–Kier alpha value is -0.953. The van der Waals surface area contributed by atoms with E-state index in [0.717, 1.165) is 0 Å². The van der Waals surface area contributed by atoms with Gasteiger partial charge in [-0.15, -0.1) is 0 Å². The predicted octanol–water partition coefficient (Wildman–Crippen LogP) is 4.10. The minimum atomic E-state index is -1.79. The second kappa shape index (κ2) is 9.12. The monoisotopic (exact) mass is 388 g/mol. The summed E-state index contributed by atoms with van der Waals surface area (Å²) in [6.45, 7) is 13.8. The molecule has 0 heterocycles. The Kier molecular flexibility index (Phi) is 8.06. The number of rotatable bonds is 8. The van der Waals surface area contributed by atoms with Crippen LogP contribution in [0.25, 0.3) is 0 Å². The lowest BCUT2D eigenvalue weighted by Crippen LogP contribution is -2.46. The Morgan fingerprint density at radius 3 is 2.60 bits per heavy atom. The lowest BCUT2D eigenvalue weighted by atomic mass is 10.2. The van der Waals surface area contributed by atoms with Crippen molar-refractivity contribution in [2.24, 2.45) is 0 Å². The van der Waals surface area contributed by atoms with Crippen LogP contribution in [-0.4, -0.2) is 33.4 Å². The van der Waals surface area contributed by atoms with Crippen molar-refractivity contribution in [1.82, 2.24) is 10.6 Å². The van der Waals surface area contributed by atoms with Crippen LogP contribution in [0, 0.1) is 5.82 Å². The molecule has 0 fully saturated rings. The molecule has 1 aromatic rings. The van der Waals surface area contributed by atoms with E-state index in [1.807, 2.05) is 6.92 Å². The molecule has 0 aromatic heterocycles. The molecule has 0 saturated carbocycles. The summed E-state index contributed by atoms with van der Waals surface area (Å²) in [7, 11) is -1.79. The van der Waals surface area contributed by atoms with Crippen LogP contribution in [0.15, 0.2) is 18.2 Å². The van der Waals surface area contributed by atoms with Crippen LogP contribution in [0.2, 0.25) is 23.2 Å². The molecule has 0 unspecified atom stereocenters. The minimum absolute atomic E-state index is 0.0567. The lowest BCUT2D eigenvalue weighted by molar-refractivity contribution is -0.120. The van der Waals surface area contributed by atoms with Gasteiger partial charge in [-0.25, -0.2) is 4.39 Å². The van der Waals surface area contributed by atoms with Gasteiger partial charge in [-0.05, 0) is 31.1 Å². The first kappa shape index (κ1) is 22.1. The Morgan fingerprint density at radius 1 is 1.36 bits per heavy atom. The van der Waals surface area contributed by atoms with E-state index in [-0.39, 0.29) is 35.1 Å². The van der Waals surface area contributed by atoms with E-state index in [2.05, 4.69) is 44.5 Å². The summed E-state index contributed by atoms with van der Waals surface area (Å²) in [5.74, 6) is -0.688. The highest BCUT2D eigenvalue weighted by molar-refractivity contribution is 6.74. The van der Waals surface area contributed by atoms with Gasteiger partial charge in [-0.1, -0.05) is 44.5 Å². The van der Waals surface area contributed by atoms with Crippen LogP contribution in [-0.2, 0) is 15.8 Å². The highest BCUT2D eigenvalue weighted by Crippen LogP contribution is 2.36. The van der Waals surface area contributed by atoms with E-state index in [1.54, 1.807) is 12.1 Å². The zero-order valence-electron chi connectivity index (χ0n) is 16.0. The molecule has 25 heavy (non-hydrogen) atoms. The number of hydrogen-bond acceptors (Lipinski definition) is 3. The fraction of sp³-hybridized carbons (Fsp3) is 0.611. The van der Waals surface area contributed by atoms with Crippen LogP contribution >= 0.6 is 11.6 Å². The van der Waals surface area contributed by atoms with Crippen molar-refractivity contribution in [1.29, 1.82) is 0 Å². The van der Waals surface area contributed by atoms with Crippen LogP contribution < -0.4 is 10.6 Å². The van der Waals surface area contributed by atoms with E-state index in [9.17, 15) is 9.18 Å². The zero-order valence-corrected chi connectivity index (χ0v) is 17.8. The van der Waals surface area contributed by atoms with Gasteiger partial charge in [-0.2, -0.15) is 0 Å². The summed E-state index contributed by atoms with van der Waals surface area (Å²) in [5, 5.41) is 6.04. The topological polar surface area (TPSA) is 50.4 Å². The number of carbonyl (C=O) groups excluding carboxylic acids is 1. The molecule has 4 nitrogen and oxygen atoms in total. The molecule has 0 aliphatic carbocycles. The molecule has 0 radical (unpaired) electrons. The van der Waals surface area contributed by atoms with Gasteiger partial charge in [0.05, 0.1) is 11.6 Å². The van der Waals surface area contributed by atoms with Crippen molar-refractivity contribution in [2.75, 3.05) is 13.2 Å². The third-order valence-electron chi connectivity index (χ3n) is 4.62. The number of hydrogen-bond donors (Lipinski definition) is 2. The number of nitrogens with one attached hydrogen (secondary N) is 2. The van der Waals surface area contributed by atoms with E-state index >= 15 is 0 Å². The smallest absolute Gasteiger partial charge is 0.234 e. The molecule has 1 aromatic carbocycles. The predicted molar refractivity (Wildman–Crippen MR) is 104 cm³/mol. The van der Waals surface area contributed by atoms with Gasteiger partial charge in [0.25, 0.3) is 0 Å². The zero-order chi connectivity index (χ0) is 19.3. The average Bonchev–Trinajstić information content (AvgIpc) is 2.51. The summed E-state index contributed by atoms with van der Waals surface area (Å²) >= 11 is 5.72. The first-order valence-corrected chi connectivity index (χ1v) is 11.8. The quantitative estimate of drug-likeness (QED) is 0.659. The first-order chi connectivity index (χ1) is 11.4. The van der Waals surface area contributed by atoms with Gasteiger partial charge in [0, 0.05) is 24.8 Å². The minimum Gasteiger partial charge on any atom is -0.415 e. The summed E-state index contributed by atoms with van der Waals surface area (Å²) in [6.07, 6.45) is 0. The second-order valence-electron chi connectivity index (χ2n) is 7.84. The number of benzene rings is 1. The molecular weight excluding hydrogens is 359 g/mol. The molecule has 1 rings (SSSR count). The lowest BCUT2D eigenvalue weighted by Gasteiger charge is -2.37. The van der Waals surface area contributed by atoms with Crippen molar-refractivity contribution in [3.8, 4) is 0 Å². The Morgan fingerprint density at radius 2 is 2.00 bits per heavy atom. The van der Waals surface area contributed by atoms with Crippen molar-refractivity contribution < 1.29 is 13.6 Å². The van der Waals surface area contributed by atoms with Crippen molar-refractivity contribution in [2.45, 2.75) is 58.4 Å². The molecule has 0 saturated heterocycles. The van der Waals surface area contributed by atoms with Crippen molar-refractivity contribution >= 4 is 25.8 Å². The molecule has 7 heteroatoms. The Balaban J connectivity index is 2.35. The molecule has 0 aliphatic heterocycles. The van der Waals surface area contributed by atoms with Gasteiger partial charge < -0.3 is 15.1 Å². The molecule has 142 valence electrons. The molecule has 0 bridgehead atoms. The highest BCUT2D eigenvalue weighted by Gasteiger charge is 2.37. The number of carbonyl (C=O) groups is 1. The Labute approximate surface area is 156 Å². The molecule has 0 aliphatic rings. The summed E-state index contributed by atoms with van der Waals surface area (Å²) in [6, 6.07) is 4.80. The van der Waals surface area contributed by atoms with Crippen LogP contribution in [0.3, 0.4) is 0 Å². The summed E-state index contributed by atoms with van der Waals surface area (Å²) in [4.78, 5) is 11.9. The molecule has 1 amide bonds. The van der Waals surface area contributed by atoms with Gasteiger partial charge in [0.1, 0.15) is 5.82 Å². The van der Waals surface area contributed by atoms with Crippen molar-refractivity contribution in [3.63, 3.8) is 0 Å². The summed E-state index contributed by atoms with van der Waals surface area (Å²) < 4.78 is 19.9. The number of halogens is 2. The van der Waals surface area contributed by atoms with E-state index < -0.39 is 14.1 Å². The van der Waals surface area contributed by atoms with Crippen molar-refractivity contribution in [3.05, 3.63) is 34.6 Å². The fourth-order valence-corrected chi connectivity index (χ4v) is 3.11. The van der Waals surface area contributed by atoms with Gasteiger partial charge >= 0.3 is 0 Å². The van der Waals surface area contributed by atoms with Gasteiger partial charge in [0.2, 0.25) is 5.91 Å². The van der Waals surface area contributed by atoms with E-state index in [0.29, 0.717) is 12.2 Å². The molecular formula is C18H30ClFN2O2Si. The highest BCUT2D eigenvalue weighted by atomic mass is 35.5. The normalized spacial score (nSPS) is 13.6. The third kappa shape index (κ3) is 7.05. The maximum Gasteiger partial charge on any atom is 0.234 e. The molecule has 1 atom stereocenters. The van der Waals surface area contributed by atoms with Crippen LogP contribution in [0.4, 0.5) is 4.39 Å².